The van der Waals surface area contributed by atoms with Crippen molar-refractivity contribution in [2.24, 2.45) is 0 Å². The fourth-order valence-electron chi connectivity index (χ4n) is 3.95. The maximum Gasteiger partial charge on any atom is 0.453 e. The van der Waals surface area contributed by atoms with Gasteiger partial charge in [0.25, 0.3) is 0 Å². The Kier molecular flexibility index (Phi) is 12.6. The summed E-state index contributed by atoms with van der Waals surface area (Å²) in [6.45, 7) is 4.42. The van der Waals surface area contributed by atoms with Crippen molar-refractivity contribution >= 4 is 35.5 Å². The summed E-state index contributed by atoms with van der Waals surface area (Å²) < 4.78 is 31.0. The normalized spacial score (nSPS) is 14.3. The van der Waals surface area contributed by atoms with Gasteiger partial charge in [0.2, 0.25) is 0 Å². The molecule has 0 fully saturated rings. The number of nitrogens with one attached hydrogen (secondary N) is 1. The standard InChI is InChI=1S/C30H36ClNO11/c1-4-11-38-26(34)17-40-28(36)30(29(37)41-18-27(35)39-12-5-2)42-24-10-9-20(14-25(24)43-30)13-19(3)32-16-23(33)21-7-6-8-22(31)15-21/h6-10,14-15,19,23,32-33H,4-5,11-13,16-18H2,1-3H3/t19-,23+/m1/s1. The molecular weight excluding hydrogens is 586 g/mol. The number of hydrogen-bond acceptors (Lipinski definition) is 12. The molecule has 0 bridgehead atoms. The van der Waals surface area contributed by atoms with Gasteiger partial charge in [0.15, 0.2) is 24.7 Å². The average molecular weight is 622 g/mol. The van der Waals surface area contributed by atoms with Gasteiger partial charge in [-0.2, -0.15) is 0 Å². The zero-order valence-corrected chi connectivity index (χ0v) is 25.0. The van der Waals surface area contributed by atoms with E-state index in [1.54, 1.807) is 50.2 Å². The highest BCUT2D eigenvalue weighted by Gasteiger charge is 2.60. The number of aliphatic hydroxyl groups excluding tert-OH is 1. The van der Waals surface area contributed by atoms with Crippen molar-refractivity contribution in [3.8, 4) is 11.5 Å². The van der Waals surface area contributed by atoms with Crippen LogP contribution in [0, 0.1) is 0 Å². The summed E-state index contributed by atoms with van der Waals surface area (Å²) in [6.07, 6.45) is 0.830. The molecule has 1 heterocycles. The average Bonchev–Trinajstić information content (AvgIpc) is 3.39. The first kappa shape index (κ1) is 33.6. The molecule has 2 atom stereocenters. The zero-order valence-electron chi connectivity index (χ0n) is 24.3. The van der Waals surface area contributed by atoms with Crippen LogP contribution in [-0.2, 0) is 44.5 Å². The van der Waals surface area contributed by atoms with Crippen LogP contribution in [0.5, 0.6) is 11.5 Å². The molecule has 43 heavy (non-hydrogen) atoms. The first-order valence-electron chi connectivity index (χ1n) is 13.9. The molecule has 0 unspecified atom stereocenters. The number of rotatable bonds is 16. The molecule has 0 amide bonds. The summed E-state index contributed by atoms with van der Waals surface area (Å²) in [7, 11) is 0. The lowest BCUT2D eigenvalue weighted by Crippen LogP contribution is -2.56. The molecule has 1 aliphatic rings. The minimum Gasteiger partial charge on any atom is -0.463 e. The molecule has 1 aliphatic heterocycles. The Morgan fingerprint density at radius 3 is 2.07 bits per heavy atom. The summed E-state index contributed by atoms with van der Waals surface area (Å²) >= 11 is 6.01. The number of benzene rings is 2. The summed E-state index contributed by atoms with van der Waals surface area (Å²) in [5.74, 6) is -7.08. The van der Waals surface area contributed by atoms with Gasteiger partial charge in [-0.1, -0.05) is 43.6 Å². The lowest BCUT2D eigenvalue weighted by atomic mass is 10.1. The monoisotopic (exact) mass is 621 g/mol. The minimum absolute atomic E-state index is 0.0387. The third-order valence-corrected chi connectivity index (χ3v) is 6.30. The fourth-order valence-corrected chi connectivity index (χ4v) is 4.15. The SMILES string of the molecule is CCCOC(=O)COC(=O)C1(C(=O)OCC(=O)OCCC)Oc2ccc(C[C@@H](C)NC[C@H](O)c3cccc(Cl)c3)cc2O1. The van der Waals surface area contributed by atoms with E-state index in [4.69, 9.17) is 40.0 Å². The molecule has 0 spiro atoms. The predicted molar refractivity (Wildman–Crippen MR) is 152 cm³/mol. The minimum atomic E-state index is -2.76. The molecule has 0 aromatic heterocycles. The summed E-state index contributed by atoms with van der Waals surface area (Å²) in [4.78, 5) is 49.9. The quantitative estimate of drug-likeness (QED) is 0.161. The van der Waals surface area contributed by atoms with E-state index in [0.29, 0.717) is 29.8 Å². The van der Waals surface area contributed by atoms with Crippen LogP contribution < -0.4 is 14.8 Å². The van der Waals surface area contributed by atoms with E-state index < -0.39 is 49.0 Å². The van der Waals surface area contributed by atoms with Crippen LogP contribution in [0.25, 0.3) is 0 Å². The van der Waals surface area contributed by atoms with Crippen molar-refractivity contribution in [2.75, 3.05) is 33.0 Å². The third-order valence-electron chi connectivity index (χ3n) is 6.06. The van der Waals surface area contributed by atoms with Crippen molar-refractivity contribution in [2.45, 2.75) is 58.0 Å². The lowest BCUT2D eigenvalue weighted by Gasteiger charge is -2.22. The second-order valence-electron chi connectivity index (χ2n) is 9.78. The van der Waals surface area contributed by atoms with Crippen LogP contribution in [-0.4, -0.2) is 73.8 Å². The van der Waals surface area contributed by atoms with E-state index in [1.165, 1.54) is 6.07 Å². The van der Waals surface area contributed by atoms with Crippen LogP contribution in [0.4, 0.5) is 0 Å². The van der Waals surface area contributed by atoms with E-state index in [2.05, 4.69) is 5.32 Å². The molecule has 234 valence electrons. The van der Waals surface area contributed by atoms with E-state index in [-0.39, 0.29) is 37.3 Å². The number of aliphatic hydroxyl groups is 1. The van der Waals surface area contributed by atoms with E-state index in [0.717, 1.165) is 5.56 Å². The van der Waals surface area contributed by atoms with Crippen molar-refractivity contribution in [3.05, 3.63) is 58.6 Å². The Bertz CT molecular complexity index is 1250. The number of halogens is 1. The van der Waals surface area contributed by atoms with Gasteiger partial charge in [-0.05, 0) is 61.6 Å². The predicted octanol–water partition coefficient (Wildman–Crippen LogP) is 3.05. The number of fused-ring (bicyclic) bond motifs is 1. The number of carbonyl (C=O) groups excluding carboxylic acids is 4. The van der Waals surface area contributed by atoms with E-state index >= 15 is 0 Å². The Morgan fingerprint density at radius 2 is 1.49 bits per heavy atom. The van der Waals surface area contributed by atoms with Gasteiger partial charge < -0.3 is 38.8 Å². The first-order chi connectivity index (χ1) is 20.6. The molecule has 3 rings (SSSR count). The van der Waals surface area contributed by atoms with Crippen molar-refractivity contribution in [1.29, 1.82) is 0 Å². The highest BCUT2D eigenvalue weighted by atomic mass is 35.5. The third kappa shape index (κ3) is 9.57. The highest BCUT2D eigenvalue weighted by molar-refractivity contribution is 6.30. The molecule has 0 saturated heterocycles. The van der Waals surface area contributed by atoms with Gasteiger partial charge in [0, 0.05) is 17.6 Å². The van der Waals surface area contributed by atoms with E-state index in [9.17, 15) is 24.3 Å². The summed E-state index contributed by atoms with van der Waals surface area (Å²) in [5, 5.41) is 14.3. The van der Waals surface area contributed by atoms with Crippen molar-refractivity contribution < 1.29 is 52.7 Å². The van der Waals surface area contributed by atoms with Gasteiger partial charge in [-0.15, -0.1) is 0 Å². The van der Waals surface area contributed by atoms with Crippen LogP contribution in [0.3, 0.4) is 0 Å². The Labute approximate surface area is 254 Å². The van der Waals surface area contributed by atoms with Gasteiger partial charge in [-0.3, -0.25) is 0 Å². The lowest BCUT2D eigenvalue weighted by molar-refractivity contribution is -0.205. The van der Waals surface area contributed by atoms with Crippen LogP contribution in [0.2, 0.25) is 5.02 Å². The van der Waals surface area contributed by atoms with Gasteiger partial charge in [-0.25, -0.2) is 19.2 Å². The Balaban J connectivity index is 1.68. The van der Waals surface area contributed by atoms with E-state index in [1.807, 2.05) is 6.92 Å². The van der Waals surface area contributed by atoms with Crippen LogP contribution >= 0.6 is 11.6 Å². The zero-order chi connectivity index (χ0) is 31.4. The molecule has 2 aromatic rings. The molecular formula is C30H36ClNO11. The molecule has 2 N–H and O–H groups in total. The fraction of sp³-hybridized carbons (Fsp3) is 0.467. The first-order valence-corrected chi connectivity index (χ1v) is 14.3. The Morgan fingerprint density at radius 1 is 0.884 bits per heavy atom. The smallest absolute Gasteiger partial charge is 0.453 e. The topological polar surface area (TPSA) is 156 Å². The number of hydrogen-bond donors (Lipinski definition) is 2. The maximum absolute atomic E-state index is 13.1. The second-order valence-corrected chi connectivity index (χ2v) is 10.2. The van der Waals surface area contributed by atoms with Crippen molar-refractivity contribution in [1.82, 2.24) is 5.32 Å². The number of carbonyl (C=O) groups is 4. The second kappa shape index (κ2) is 16.1. The van der Waals surface area contributed by atoms with Gasteiger partial charge >= 0.3 is 29.7 Å². The van der Waals surface area contributed by atoms with Crippen LogP contribution in [0.15, 0.2) is 42.5 Å². The molecule has 12 nitrogen and oxygen atoms in total. The highest BCUT2D eigenvalue weighted by Crippen LogP contribution is 2.41. The molecule has 0 aliphatic carbocycles. The largest absolute Gasteiger partial charge is 0.463 e. The maximum atomic E-state index is 13.1. The van der Waals surface area contributed by atoms with Gasteiger partial charge in [0.1, 0.15) is 0 Å². The molecule has 0 saturated carbocycles. The van der Waals surface area contributed by atoms with Crippen LogP contribution in [0.1, 0.15) is 50.8 Å². The number of esters is 4. The molecule has 13 heteroatoms. The van der Waals surface area contributed by atoms with Gasteiger partial charge in [0.05, 0.1) is 19.3 Å². The molecule has 2 aromatic carbocycles. The number of ether oxygens (including phenoxy) is 6. The van der Waals surface area contributed by atoms with Crippen molar-refractivity contribution in [3.63, 3.8) is 0 Å². The Hall–Kier alpha value is -3.87. The summed E-state index contributed by atoms with van der Waals surface area (Å²) in [5.41, 5.74) is 1.44. The molecule has 0 radical (unpaired) electrons. The summed E-state index contributed by atoms with van der Waals surface area (Å²) in [6, 6.07) is 11.7.